The third-order valence-corrected chi connectivity index (χ3v) is 4.97. The van der Waals surface area contributed by atoms with Crippen LogP contribution in [0.1, 0.15) is 12.0 Å². The summed E-state index contributed by atoms with van der Waals surface area (Å²) in [6.45, 7) is 3.44. The summed E-state index contributed by atoms with van der Waals surface area (Å²) in [5.74, 6) is 1.68. The topological polar surface area (TPSA) is 104 Å². The molecule has 1 aliphatic heterocycles. The van der Waals surface area contributed by atoms with Gasteiger partial charge in [-0.1, -0.05) is 0 Å². The van der Waals surface area contributed by atoms with Crippen LogP contribution in [0.2, 0.25) is 0 Å². The normalized spacial score (nSPS) is 17.0. The predicted octanol–water partition coefficient (Wildman–Crippen LogP) is 2.28. The number of rotatable bonds is 4. The van der Waals surface area contributed by atoms with E-state index in [-0.39, 0.29) is 11.7 Å². The van der Waals surface area contributed by atoms with Gasteiger partial charge in [0.15, 0.2) is 0 Å². The number of aromatic amines is 1. The molecular formula is C17H19N7O2. The lowest BCUT2D eigenvalue weighted by Gasteiger charge is -2.26. The Bertz CT molecular complexity index is 971. The lowest BCUT2D eigenvalue weighted by Crippen LogP contribution is -2.35. The molecule has 0 radical (unpaired) electrons. The molecule has 0 saturated carbocycles. The molecule has 1 N–H and O–H groups in total. The minimum absolute atomic E-state index is 0.0473. The van der Waals surface area contributed by atoms with E-state index < -0.39 is 4.92 Å². The molecule has 3 aromatic heterocycles. The van der Waals surface area contributed by atoms with E-state index in [1.165, 1.54) is 6.20 Å². The standard InChI is InChI=1S/C17H19N7O2/c1-11-7-15(19-8-14(11)24(25)26)22(2)12-4-6-23(9-12)17-13-3-5-18-16(13)20-10-21-17/h3,5,7-8,10,12H,4,6,9H2,1-2H3,(H,18,20,21). The van der Waals surface area contributed by atoms with Gasteiger partial charge in [0.25, 0.3) is 5.69 Å². The average Bonchev–Trinajstić information content (AvgIpc) is 3.29. The Balaban J connectivity index is 1.54. The van der Waals surface area contributed by atoms with Crippen LogP contribution in [0.25, 0.3) is 11.0 Å². The van der Waals surface area contributed by atoms with Crippen LogP contribution < -0.4 is 9.80 Å². The molecule has 0 amide bonds. The zero-order valence-corrected chi connectivity index (χ0v) is 14.6. The highest BCUT2D eigenvalue weighted by molar-refractivity contribution is 5.87. The first kappa shape index (κ1) is 16.2. The van der Waals surface area contributed by atoms with Crippen molar-refractivity contribution in [1.82, 2.24) is 19.9 Å². The molecule has 1 atom stereocenters. The molecule has 26 heavy (non-hydrogen) atoms. The maximum absolute atomic E-state index is 11.0. The fraction of sp³-hybridized carbons (Fsp3) is 0.353. The van der Waals surface area contributed by atoms with E-state index in [2.05, 4.69) is 29.7 Å². The van der Waals surface area contributed by atoms with E-state index in [0.29, 0.717) is 5.56 Å². The molecule has 9 nitrogen and oxygen atoms in total. The molecule has 4 rings (SSSR count). The fourth-order valence-corrected chi connectivity index (χ4v) is 3.47. The van der Waals surface area contributed by atoms with E-state index in [4.69, 9.17) is 0 Å². The number of hydrogen-bond acceptors (Lipinski definition) is 7. The number of hydrogen-bond donors (Lipinski definition) is 1. The van der Waals surface area contributed by atoms with E-state index in [1.807, 2.05) is 19.3 Å². The number of aromatic nitrogens is 4. The van der Waals surface area contributed by atoms with Crippen molar-refractivity contribution < 1.29 is 4.92 Å². The zero-order chi connectivity index (χ0) is 18.3. The number of anilines is 2. The second kappa shape index (κ2) is 6.25. The molecule has 9 heteroatoms. The van der Waals surface area contributed by atoms with Gasteiger partial charge in [-0.25, -0.2) is 15.0 Å². The minimum Gasteiger partial charge on any atom is -0.355 e. The van der Waals surface area contributed by atoms with Crippen LogP contribution in [-0.4, -0.2) is 51.0 Å². The molecule has 1 saturated heterocycles. The Morgan fingerprint density at radius 1 is 1.38 bits per heavy atom. The van der Waals surface area contributed by atoms with Gasteiger partial charge in [-0.3, -0.25) is 10.1 Å². The largest absolute Gasteiger partial charge is 0.355 e. The second-order valence-electron chi connectivity index (χ2n) is 6.52. The molecular weight excluding hydrogens is 334 g/mol. The summed E-state index contributed by atoms with van der Waals surface area (Å²) in [5, 5.41) is 12.0. The maximum Gasteiger partial charge on any atom is 0.290 e. The first-order valence-electron chi connectivity index (χ1n) is 8.41. The van der Waals surface area contributed by atoms with Crippen LogP contribution in [0, 0.1) is 17.0 Å². The van der Waals surface area contributed by atoms with Gasteiger partial charge in [0.2, 0.25) is 0 Å². The zero-order valence-electron chi connectivity index (χ0n) is 14.6. The van der Waals surface area contributed by atoms with Gasteiger partial charge in [-0.05, 0) is 25.5 Å². The van der Waals surface area contributed by atoms with Gasteiger partial charge >= 0.3 is 0 Å². The molecule has 0 aliphatic carbocycles. The summed E-state index contributed by atoms with van der Waals surface area (Å²) in [5.41, 5.74) is 1.50. The highest BCUT2D eigenvalue weighted by Gasteiger charge is 2.29. The molecule has 0 aromatic carbocycles. The van der Waals surface area contributed by atoms with Crippen molar-refractivity contribution in [2.75, 3.05) is 29.9 Å². The molecule has 4 heterocycles. The van der Waals surface area contributed by atoms with Crippen LogP contribution in [0.4, 0.5) is 17.3 Å². The monoisotopic (exact) mass is 353 g/mol. The summed E-state index contributed by atoms with van der Waals surface area (Å²) >= 11 is 0. The smallest absolute Gasteiger partial charge is 0.290 e. The van der Waals surface area contributed by atoms with Crippen molar-refractivity contribution in [2.24, 2.45) is 0 Å². The number of H-pyrrole nitrogens is 1. The van der Waals surface area contributed by atoms with Gasteiger partial charge in [-0.15, -0.1) is 0 Å². The third kappa shape index (κ3) is 2.71. The summed E-state index contributed by atoms with van der Waals surface area (Å²) in [4.78, 5) is 31.0. The Labute approximate surface area is 149 Å². The Hall–Kier alpha value is -3.23. The fourth-order valence-electron chi connectivity index (χ4n) is 3.47. The number of nitrogens with one attached hydrogen (secondary N) is 1. The van der Waals surface area contributed by atoms with Crippen LogP contribution in [-0.2, 0) is 0 Å². The van der Waals surface area contributed by atoms with Gasteiger partial charge in [0.1, 0.15) is 29.8 Å². The van der Waals surface area contributed by atoms with Gasteiger partial charge in [0, 0.05) is 37.9 Å². The Morgan fingerprint density at radius 2 is 2.23 bits per heavy atom. The quantitative estimate of drug-likeness (QED) is 0.567. The second-order valence-corrected chi connectivity index (χ2v) is 6.52. The number of nitro groups is 1. The van der Waals surface area contributed by atoms with E-state index in [1.54, 1.807) is 19.3 Å². The number of fused-ring (bicyclic) bond motifs is 1. The number of nitrogens with zero attached hydrogens (tertiary/aromatic N) is 6. The minimum atomic E-state index is -0.402. The predicted molar refractivity (Wildman–Crippen MR) is 98.5 cm³/mol. The van der Waals surface area contributed by atoms with E-state index in [0.717, 1.165) is 42.2 Å². The molecule has 1 unspecified atom stereocenters. The van der Waals surface area contributed by atoms with Crippen LogP contribution in [0.15, 0.2) is 30.9 Å². The lowest BCUT2D eigenvalue weighted by molar-refractivity contribution is -0.385. The summed E-state index contributed by atoms with van der Waals surface area (Å²) in [7, 11) is 1.98. The van der Waals surface area contributed by atoms with Crippen LogP contribution in [0.5, 0.6) is 0 Å². The number of aryl methyl sites for hydroxylation is 1. The van der Waals surface area contributed by atoms with Crippen molar-refractivity contribution in [1.29, 1.82) is 0 Å². The van der Waals surface area contributed by atoms with Crippen molar-refractivity contribution in [3.05, 3.63) is 46.5 Å². The van der Waals surface area contributed by atoms with Crippen LogP contribution in [0.3, 0.4) is 0 Å². The maximum atomic E-state index is 11.0. The van der Waals surface area contributed by atoms with Crippen molar-refractivity contribution in [2.45, 2.75) is 19.4 Å². The average molecular weight is 353 g/mol. The summed E-state index contributed by atoms with van der Waals surface area (Å²) in [6, 6.07) is 4.02. The molecule has 3 aromatic rings. The third-order valence-electron chi connectivity index (χ3n) is 4.97. The van der Waals surface area contributed by atoms with Crippen LogP contribution >= 0.6 is 0 Å². The number of likely N-dealkylation sites (N-methyl/N-ethyl adjacent to an activating group) is 1. The lowest BCUT2D eigenvalue weighted by atomic mass is 10.2. The Morgan fingerprint density at radius 3 is 3.00 bits per heavy atom. The first-order valence-corrected chi connectivity index (χ1v) is 8.41. The number of pyridine rings is 1. The summed E-state index contributed by atoms with van der Waals surface area (Å²) < 4.78 is 0. The van der Waals surface area contributed by atoms with Crippen molar-refractivity contribution in [3.63, 3.8) is 0 Å². The highest BCUT2D eigenvalue weighted by Crippen LogP contribution is 2.29. The van der Waals surface area contributed by atoms with Gasteiger partial charge in [-0.2, -0.15) is 0 Å². The SMILES string of the molecule is Cc1cc(N(C)C2CCN(c3ncnc4[nH]ccc34)C2)ncc1[N+](=O)[O-]. The van der Waals surface area contributed by atoms with Gasteiger partial charge in [0.05, 0.1) is 10.3 Å². The van der Waals surface area contributed by atoms with E-state index in [9.17, 15) is 10.1 Å². The van der Waals surface area contributed by atoms with Crippen molar-refractivity contribution in [3.8, 4) is 0 Å². The molecule has 134 valence electrons. The van der Waals surface area contributed by atoms with Crippen molar-refractivity contribution >= 4 is 28.4 Å². The molecule has 0 spiro atoms. The van der Waals surface area contributed by atoms with Gasteiger partial charge < -0.3 is 14.8 Å². The molecule has 1 aliphatic rings. The molecule has 1 fully saturated rings. The van der Waals surface area contributed by atoms with E-state index >= 15 is 0 Å². The molecule has 0 bridgehead atoms. The summed E-state index contributed by atoms with van der Waals surface area (Å²) in [6.07, 6.45) is 5.74. The Kier molecular flexibility index (Phi) is 3.90. The first-order chi connectivity index (χ1) is 12.5. The highest BCUT2D eigenvalue weighted by atomic mass is 16.6.